The van der Waals surface area contributed by atoms with Crippen molar-refractivity contribution in [2.45, 2.75) is 6.92 Å². The highest BCUT2D eigenvalue weighted by Gasteiger charge is 2.17. The van der Waals surface area contributed by atoms with Gasteiger partial charge in [-0.3, -0.25) is 15.0 Å². The first-order valence-corrected chi connectivity index (χ1v) is 7.42. The van der Waals surface area contributed by atoms with E-state index in [4.69, 9.17) is 4.42 Å². The Hall–Kier alpha value is -2.61. The van der Waals surface area contributed by atoms with E-state index in [-0.39, 0.29) is 17.9 Å². The van der Waals surface area contributed by atoms with E-state index < -0.39 is 12.0 Å². The summed E-state index contributed by atoms with van der Waals surface area (Å²) in [5, 5.41) is 0. The number of halogens is 1. The largest absolute Gasteiger partial charge is 0.453 e. The van der Waals surface area contributed by atoms with Gasteiger partial charge in [-0.25, -0.2) is 10.2 Å². The van der Waals surface area contributed by atoms with Crippen LogP contribution >= 0.6 is 15.9 Å². The van der Waals surface area contributed by atoms with Crippen LogP contribution in [0.25, 0.3) is 11.3 Å². The molecule has 0 aliphatic rings. The maximum Gasteiger partial charge on any atom is 0.426 e. The SMILES string of the molecule is CCOC(=O)NNC(=O)c1ccc(Br)cc1-c1ccc(C=O)o1. The minimum atomic E-state index is -0.763. The van der Waals surface area contributed by atoms with E-state index in [1.165, 1.54) is 6.07 Å². The minimum Gasteiger partial charge on any atom is -0.453 e. The van der Waals surface area contributed by atoms with Crippen LogP contribution in [-0.2, 0) is 4.74 Å². The molecule has 2 amide bonds. The highest BCUT2D eigenvalue weighted by atomic mass is 79.9. The zero-order valence-electron chi connectivity index (χ0n) is 12.1. The Morgan fingerprint density at radius 1 is 1.26 bits per heavy atom. The zero-order chi connectivity index (χ0) is 16.8. The molecule has 1 aromatic heterocycles. The van der Waals surface area contributed by atoms with E-state index in [1.807, 2.05) is 0 Å². The van der Waals surface area contributed by atoms with Crippen LogP contribution in [0.15, 0.2) is 39.2 Å². The molecule has 8 heteroatoms. The third-order valence-electron chi connectivity index (χ3n) is 2.79. The van der Waals surface area contributed by atoms with Crippen LogP contribution in [0, 0.1) is 0 Å². The van der Waals surface area contributed by atoms with E-state index in [1.54, 1.807) is 31.2 Å². The van der Waals surface area contributed by atoms with E-state index in [0.29, 0.717) is 17.6 Å². The number of hydrogen-bond donors (Lipinski definition) is 2. The van der Waals surface area contributed by atoms with Gasteiger partial charge in [0.2, 0.25) is 0 Å². The molecule has 0 aliphatic carbocycles. The van der Waals surface area contributed by atoms with Gasteiger partial charge in [-0.1, -0.05) is 15.9 Å². The van der Waals surface area contributed by atoms with Crippen molar-refractivity contribution >= 4 is 34.2 Å². The smallest absolute Gasteiger partial charge is 0.426 e. The Kier molecular flexibility index (Phi) is 5.53. The first-order chi connectivity index (χ1) is 11.0. The number of benzene rings is 1. The number of ether oxygens (including phenoxy) is 1. The molecule has 2 aromatic rings. The lowest BCUT2D eigenvalue weighted by Gasteiger charge is -2.10. The van der Waals surface area contributed by atoms with Gasteiger partial charge in [0, 0.05) is 10.0 Å². The average Bonchev–Trinajstić information content (AvgIpc) is 3.02. The molecule has 1 aromatic carbocycles. The lowest BCUT2D eigenvalue weighted by Crippen LogP contribution is -2.42. The van der Waals surface area contributed by atoms with Crippen LogP contribution in [-0.4, -0.2) is 24.9 Å². The van der Waals surface area contributed by atoms with Gasteiger partial charge >= 0.3 is 6.09 Å². The maximum absolute atomic E-state index is 12.2. The Morgan fingerprint density at radius 3 is 2.70 bits per heavy atom. The number of hydrazine groups is 1. The number of aldehydes is 1. The lowest BCUT2D eigenvalue weighted by molar-refractivity contribution is 0.0913. The third-order valence-corrected chi connectivity index (χ3v) is 3.28. The van der Waals surface area contributed by atoms with Crippen molar-refractivity contribution < 1.29 is 23.5 Å². The molecule has 0 saturated heterocycles. The minimum absolute atomic E-state index is 0.149. The van der Waals surface area contributed by atoms with Crippen LogP contribution in [0.4, 0.5) is 4.79 Å². The summed E-state index contributed by atoms with van der Waals surface area (Å²) in [6.07, 6.45) is -0.190. The quantitative estimate of drug-likeness (QED) is 0.627. The number of hydrogen-bond acceptors (Lipinski definition) is 5. The Morgan fingerprint density at radius 2 is 2.04 bits per heavy atom. The second kappa shape index (κ2) is 7.59. The summed E-state index contributed by atoms with van der Waals surface area (Å²) < 4.78 is 10.7. The van der Waals surface area contributed by atoms with Gasteiger partial charge < -0.3 is 9.15 Å². The monoisotopic (exact) mass is 380 g/mol. The molecule has 0 radical (unpaired) electrons. The van der Waals surface area contributed by atoms with Gasteiger partial charge in [0.1, 0.15) is 5.76 Å². The van der Waals surface area contributed by atoms with E-state index >= 15 is 0 Å². The van der Waals surface area contributed by atoms with Gasteiger partial charge in [0.25, 0.3) is 5.91 Å². The van der Waals surface area contributed by atoms with Crippen molar-refractivity contribution in [3.63, 3.8) is 0 Å². The summed E-state index contributed by atoms with van der Waals surface area (Å²) in [6, 6.07) is 7.99. The summed E-state index contributed by atoms with van der Waals surface area (Å²) in [6.45, 7) is 1.84. The standard InChI is InChI=1S/C15H13BrN2O5/c1-2-22-15(21)18-17-14(20)11-5-3-9(16)7-12(11)13-6-4-10(8-19)23-13/h3-8H,2H2,1H3,(H,17,20)(H,18,21). The number of furan rings is 1. The Balaban J connectivity index is 2.26. The van der Waals surface area contributed by atoms with Crippen molar-refractivity contribution in [3.8, 4) is 11.3 Å². The van der Waals surface area contributed by atoms with Crippen LogP contribution < -0.4 is 10.9 Å². The highest BCUT2D eigenvalue weighted by Crippen LogP contribution is 2.28. The summed E-state index contributed by atoms with van der Waals surface area (Å²) in [7, 11) is 0. The molecular weight excluding hydrogens is 368 g/mol. The van der Waals surface area contributed by atoms with E-state index in [9.17, 15) is 14.4 Å². The van der Waals surface area contributed by atoms with Crippen LogP contribution in [0.3, 0.4) is 0 Å². The molecule has 0 aliphatic heterocycles. The molecule has 0 fully saturated rings. The van der Waals surface area contributed by atoms with Crippen LogP contribution in [0.2, 0.25) is 0 Å². The number of nitrogens with one attached hydrogen (secondary N) is 2. The van der Waals surface area contributed by atoms with E-state index in [0.717, 1.165) is 4.47 Å². The first kappa shape index (κ1) is 16.8. The second-order valence-electron chi connectivity index (χ2n) is 4.31. The average molecular weight is 381 g/mol. The van der Waals surface area contributed by atoms with Gasteiger partial charge in [0.15, 0.2) is 12.0 Å². The number of carbonyl (C=O) groups excluding carboxylic acids is 3. The van der Waals surface area contributed by atoms with Crippen LogP contribution in [0.1, 0.15) is 27.8 Å². The molecule has 1 heterocycles. The molecular formula is C15H13BrN2O5. The zero-order valence-corrected chi connectivity index (χ0v) is 13.7. The van der Waals surface area contributed by atoms with Crippen molar-refractivity contribution in [3.05, 3.63) is 46.1 Å². The van der Waals surface area contributed by atoms with Crippen molar-refractivity contribution in [1.82, 2.24) is 10.9 Å². The summed E-state index contributed by atoms with van der Waals surface area (Å²) in [5.41, 5.74) is 5.11. The van der Waals surface area contributed by atoms with Crippen molar-refractivity contribution in [2.75, 3.05) is 6.61 Å². The maximum atomic E-state index is 12.2. The molecule has 0 bridgehead atoms. The number of rotatable bonds is 4. The molecule has 2 rings (SSSR count). The fourth-order valence-electron chi connectivity index (χ4n) is 1.82. The van der Waals surface area contributed by atoms with Crippen molar-refractivity contribution in [2.24, 2.45) is 0 Å². The lowest BCUT2D eigenvalue weighted by atomic mass is 10.1. The van der Waals surface area contributed by atoms with E-state index in [2.05, 4.69) is 31.5 Å². The second-order valence-corrected chi connectivity index (χ2v) is 5.23. The van der Waals surface area contributed by atoms with Crippen molar-refractivity contribution in [1.29, 1.82) is 0 Å². The Bertz CT molecular complexity index is 741. The molecule has 7 nitrogen and oxygen atoms in total. The predicted molar refractivity (Wildman–Crippen MR) is 84.9 cm³/mol. The molecule has 23 heavy (non-hydrogen) atoms. The number of carbonyl (C=O) groups is 3. The number of amides is 2. The van der Waals surface area contributed by atoms with Gasteiger partial charge in [-0.2, -0.15) is 0 Å². The third kappa shape index (κ3) is 4.19. The highest BCUT2D eigenvalue weighted by molar-refractivity contribution is 9.10. The summed E-state index contributed by atoms with van der Waals surface area (Å²) >= 11 is 3.32. The molecule has 0 atom stereocenters. The topological polar surface area (TPSA) is 97.6 Å². The first-order valence-electron chi connectivity index (χ1n) is 6.63. The molecule has 0 saturated carbocycles. The van der Waals surface area contributed by atoms with Gasteiger partial charge in [-0.15, -0.1) is 0 Å². The predicted octanol–water partition coefficient (Wildman–Crippen LogP) is 2.91. The normalized spacial score (nSPS) is 10.0. The molecule has 0 unspecified atom stereocenters. The van der Waals surface area contributed by atoms with Gasteiger partial charge in [-0.05, 0) is 37.3 Å². The summed E-state index contributed by atoms with van der Waals surface area (Å²) in [4.78, 5) is 34.2. The molecule has 0 spiro atoms. The molecule has 120 valence electrons. The fraction of sp³-hybridized carbons (Fsp3) is 0.133. The fourth-order valence-corrected chi connectivity index (χ4v) is 2.18. The summed E-state index contributed by atoms with van der Waals surface area (Å²) in [5.74, 6) is -0.0460. The Labute approximate surface area is 140 Å². The molecule has 2 N–H and O–H groups in total. The van der Waals surface area contributed by atoms with Crippen LogP contribution in [0.5, 0.6) is 0 Å². The van der Waals surface area contributed by atoms with Gasteiger partial charge in [0.05, 0.1) is 12.2 Å².